The van der Waals surface area contributed by atoms with Gasteiger partial charge < -0.3 is 15.4 Å². The van der Waals surface area contributed by atoms with Crippen molar-refractivity contribution in [3.63, 3.8) is 0 Å². The molecular formula is C23H26N4O2. The maximum atomic E-state index is 11.8. The SMILES string of the molecule is CCCCCNc1nc(Nc2cccc(C(=O)OC)c2)cc(-c2ccccc2)n1. The van der Waals surface area contributed by atoms with E-state index < -0.39 is 0 Å². The minimum atomic E-state index is -0.375. The number of unbranched alkanes of at least 4 members (excludes halogenated alkanes) is 2. The van der Waals surface area contributed by atoms with Crippen molar-refractivity contribution in [1.29, 1.82) is 0 Å². The normalized spacial score (nSPS) is 10.4. The van der Waals surface area contributed by atoms with Gasteiger partial charge in [0.2, 0.25) is 5.95 Å². The zero-order chi connectivity index (χ0) is 20.5. The quantitative estimate of drug-likeness (QED) is 0.383. The van der Waals surface area contributed by atoms with Crippen LogP contribution in [0.25, 0.3) is 11.3 Å². The van der Waals surface area contributed by atoms with E-state index >= 15 is 0 Å². The molecule has 6 nitrogen and oxygen atoms in total. The first kappa shape index (κ1) is 20.3. The summed E-state index contributed by atoms with van der Waals surface area (Å²) in [6.45, 7) is 3.00. The fourth-order valence-corrected chi connectivity index (χ4v) is 2.91. The molecule has 0 saturated carbocycles. The van der Waals surface area contributed by atoms with Crippen LogP contribution in [0.5, 0.6) is 0 Å². The minimum absolute atomic E-state index is 0.375. The van der Waals surface area contributed by atoms with E-state index in [0.29, 0.717) is 17.3 Å². The molecule has 6 heteroatoms. The molecule has 1 heterocycles. The number of methoxy groups -OCH3 is 1. The number of nitrogens with one attached hydrogen (secondary N) is 2. The Hall–Kier alpha value is -3.41. The number of aromatic nitrogens is 2. The summed E-state index contributed by atoms with van der Waals surface area (Å²) < 4.78 is 4.80. The van der Waals surface area contributed by atoms with Gasteiger partial charge in [-0.05, 0) is 24.6 Å². The first-order chi connectivity index (χ1) is 14.2. The lowest BCUT2D eigenvalue weighted by molar-refractivity contribution is 0.0601. The van der Waals surface area contributed by atoms with Gasteiger partial charge in [0.05, 0.1) is 18.4 Å². The molecule has 0 aliphatic rings. The average molecular weight is 390 g/mol. The molecule has 0 aliphatic heterocycles. The molecule has 150 valence electrons. The minimum Gasteiger partial charge on any atom is -0.465 e. The van der Waals surface area contributed by atoms with E-state index in [9.17, 15) is 4.79 Å². The van der Waals surface area contributed by atoms with Gasteiger partial charge in [0.25, 0.3) is 0 Å². The third-order valence-corrected chi connectivity index (χ3v) is 4.42. The standard InChI is InChI=1S/C23H26N4O2/c1-3-4-8-14-24-23-26-20(17-10-6-5-7-11-17)16-21(27-23)25-19-13-9-12-18(15-19)22(28)29-2/h5-7,9-13,15-16H,3-4,8,14H2,1-2H3,(H2,24,25,26,27). The van der Waals surface area contributed by atoms with E-state index in [0.717, 1.165) is 42.8 Å². The Bertz CT molecular complexity index is 945. The van der Waals surface area contributed by atoms with Crippen molar-refractivity contribution in [3.05, 3.63) is 66.2 Å². The summed E-state index contributed by atoms with van der Waals surface area (Å²) in [4.78, 5) is 21.1. The van der Waals surface area contributed by atoms with Gasteiger partial charge in [-0.2, -0.15) is 4.98 Å². The second kappa shape index (κ2) is 10.2. The Morgan fingerprint density at radius 2 is 1.83 bits per heavy atom. The van der Waals surface area contributed by atoms with Gasteiger partial charge in [-0.15, -0.1) is 0 Å². The van der Waals surface area contributed by atoms with Crippen molar-refractivity contribution < 1.29 is 9.53 Å². The van der Waals surface area contributed by atoms with Crippen LogP contribution in [0.1, 0.15) is 36.5 Å². The lowest BCUT2D eigenvalue weighted by Crippen LogP contribution is -2.08. The highest BCUT2D eigenvalue weighted by Crippen LogP contribution is 2.24. The van der Waals surface area contributed by atoms with E-state index in [-0.39, 0.29) is 5.97 Å². The molecule has 2 aromatic carbocycles. The maximum absolute atomic E-state index is 11.8. The molecule has 0 bridgehead atoms. The van der Waals surface area contributed by atoms with Gasteiger partial charge in [0, 0.05) is 23.9 Å². The molecular weight excluding hydrogens is 364 g/mol. The fourth-order valence-electron chi connectivity index (χ4n) is 2.91. The van der Waals surface area contributed by atoms with Crippen LogP contribution in [0.15, 0.2) is 60.7 Å². The van der Waals surface area contributed by atoms with Crippen LogP contribution in [-0.4, -0.2) is 29.6 Å². The third-order valence-electron chi connectivity index (χ3n) is 4.42. The zero-order valence-corrected chi connectivity index (χ0v) is 16.8. The van der Waals surface area contributed by atoms with E-state index in [1.165, 1.54) is 7.11 Å². The van der Waals surface area contributed by atoms with E-state index in [4.69, 9.17) is 4.74 Å². The van der Waals surface area contributed by atoms with Crippen molar-refractivity contribution >= 4 is 23.4 Å². The number of nitrogens with zero attached hydrogens (tertiary/aromatic N) is 2. The van der Waals surface area contributed by atoms with Gasteiger partial charge in [-0.3, -0.25) is 0 Å². The summed E-state index contributed by atoms with van der Waals surface area (Å²) in [6.07, 6.45) is 3.39. The molecule has 0 spiro atoms. The smallest absolute Gasteiger partial charge is 0.337 e. The van der Waals surface area contributed by atoms with Crippen LogP contribution in [0.4, 0.5) is 17.5 Å². The van der Waals surface area contributed by atoms with Crippen molar-refractivity contribution in [1.82, 2.24) is 9.97 Å². The maximum Gasteiger partial charge on any atom is 0.337 e. The van der Waals surface area contributed by atoms with Crippen molar-refractivity contribution in [2.75, 3.05) is 24.3 Å². The largest absolute Gasteiger partial charge is 0.465 e. The molecule has 0 fully saturated rings. The van der Waals surface area contributed by atoms with Crippen molar-refractivity contribution in [2.45, 2.75) is 26.2 Å². The number of carbonyl (C=O) groups excluding carboxylic acids is 1. The van der Waals surface area contributed by atoms with Crippen LogP contribution >= 0.6 is 0 Å². The summed E-state index contributed by atoms with van der Waals surface area (Å²) in [6, 6.07) is 19.0. The zero-order valence-electron chi connectivity index (χ0n) is 16.8. The summed E-state index contributed by atoms with van der Waals surface area (Å²) in [5.74, 6) is 0.854. The summed E-state index contributed by atoms with van der Waals surface area (Å²) >= 11 is 0. The second-order valence-electron chi connectivity index (χ2n) is 6.66. The van der Waals surface area contributed by atoms with Crippen LogP contribution in [-0.2, 0) is 4.74 Å². The molecule has 2 N–H and O–H groups in total. The van der Waals surface area contributed by atoms with Gasteiger partial charge >= 0.3 is 5.97 Å². The van der Waals surface area contributed by atoms with Crippen LogP contribution in [0, 0.1) is 0 Å². The van der Waals surface area contributed by atoms with Crippen LogP contribution in [0.2, 0.25) is 0 Å². The predicted octanol–water partition coefficient (Wildman–Crippen LogP) is 5.28. The third kappa shape index (κ3) is 5.78. The average Bonchev–Trinajstić information content (AvgIpc) is 2.77. The fraction of sp³-hybridized carbons (Fsp3) is 0.261. The molecule has 3 rings (SSSR count). The van der Waals surface area contributed by atoms with Gasteiger partial charge in [-0.25, -0.2) is 9.78 Å². The first-order valence-electron chi connectivity index (χ1n) is 9.83. The highest BCUT2D eigenvalue weighted by molar-refractivity contribution is 5.90. The molecule has 1 aromatic heterocycles. The molecule has 29 heavy (non-hydrogen) atoms. The highest BCUT2D eigenvalue weighted by Gasteiger charge is 2.09. The topological polar surface area (TPSA) is 76.1 Å². The number of ether oxygens (including phenoxy) is 1. The molecule has 0 aliphatic carbocycles. The van der Waals surface area contributed by atoms with E-state index in [1.54, 1.807) is 18.2 Å². The van der Waals surface area contributed by atoms with Gasteiger partial charge in [-0.1, -0.05) is 56.2 Å². The van der Waals surface area contributed by atoms with E-state index in [2.05, 4.69) is 27.5 Å². The predicted molar refractivity (Wildman–Crippen MR) is 117 cm³/mol. The molecule has 0 radical (unpaired) electrons. The number of benzene rings is 2. The number of esters is 1. The van der Waals surface area contributed by atoms with Crippen molar-refractivity contribution in [2.24, 2.45) is 0 Å². The Morgan fingerprint density at radius 3 is 2.59 bits per heavy atom. The Kier molecular flexibility index (Phi) is 7.16. The number of hydrogen-bond acceptors (Lipinski definition) is 6. The van der Waals surface area contributed by atoms with E-state index in [1.807, 2.05) is 42.5 Å². The van der Waals surface area contributed by atoms with Gasteiger partial charge in [0.1, 0.15) is 5.82 Å². The number of anilines is 3. The molecule has 0 atom stereocenters. The summed E-state index contributed by atoms with van der Waals surface area (Å²) in [5, 5.41) is 6.59. The van der Waals surface area contributed by atoms with Crippen molar-refractivity contribution in [3.8, 4) is 11.3 Å². The van der Waals surface area contributed by atoms with Crippen LogP contribution in [0.3, 0.4) is 0 Å². The molecule has 0 amide bonds. The number of carbonyl (C=O) groups is 1. The summed E-state index contributed by atoms with van der Waals surface area (Å²) in [5.41, 5.74) is 3.07. The lowest BCUT2D eigenvalue weighted by atomic mass is 10.1. The molecule has 3 aromatic rings. The monoisotopic (exact) mass is 390 g/mol. The van der Waals surface area contributed by atoms with Gasteiger partial charge in [0.15, 0.2) is 0 Å². The Balaban J connectivity index is 1.87. The van der Waals surface area contributed by atoms with Crippen LogP contribution < -0.4 is 10.6 Å². The first-order valence-corrected chi connectivity index (χ1v) is 9.83. The molecule has 0 saturated heterocycles. The number of hydrogen-bond donors (Lipinski definition) is 2. The Morgan fingerprint density at radius 1 is 1.00 bits per heavy atom. The highest BCUT2D eigenvalue weighted by atomic mass is 16.5. The number of rotatable bonds is 9. The summed E-state index contributed by atoms with van der Waals surface area (Å²) in [7, 11) is 1.37. The lowest BCUT2D eigenvalue weighted by Gasteiger charge is -2.12. The Labute approximate surface area is 171 Å². The molecule has 0 unspecified atom stereocenters. The second-order valence-corrected chi connectivity index (χ2v) is 6.66.